The van der Waals surface area contributed by atoms with Gasteiger partial charge in [0, 0.05) is 12.6 Å². The molecule has 0 aliphatic rings. The van der Waals surface area contributed by atoms with Crippen molar-refractivity contribution in [2.24, 2.45) is 0 Å². The SMILES string of the molecule is CCNC(c1cncc(OCC)c1)c1ccc(CC)o1. The van der Waals surface area contributed by atoms with Gasteiger partial charge >= 0.3 is 0 Å². The number of furan rings is 1. The summed E-state index contributed by atoms with van der Waals surface area (Å²) in [6.45, 7) is 7.62. The highest BCUT2D eigenvalue weighted by molar-refractivity contribution is 5.31. The van der Waals surface area contributed by atoms with Crippen molar-refractivity contribution in [3.8, 4) is 5.75 Å². The van der Waals surface area contributed by atoms with Crippen LogP contribution in [0.3, 0.4) is 0 Å². The van der Waals surface area contributed by atoms with Gasteiger partial charge in [0.15, 0.2) is 0 Å². The molecule has 4 heteroatoms. The van der Waals surface area contributed by atoms with E-state index in [1.165, 1.54) is 0 Å². The minimum atomic E-state index is 0.00760. The molecule has 1 N–H and O–H groups in total. The van der Waals surface area contributed by atoms with Crippen LogP contribution >= 0.6 is 0 Å². The molecule has 2 heterocycles. The average Bonchev–Trinajstić information content (AvgIpc) is 2.94. The summed E-state index contributed by atoms with van der Waals surface area (Å²) in [5, 5.41) is 3.43. The van der Waals surface area contributed by atoms with Crippen molar-refractivity contribution in [2.45, 2.75) is 33.2 Å². The maximum Gasteiger partial charge on any atom is 0.137 e. The monoisotopic (exact) mass is 274 g/mol. The molecule has 0 amide bonds. The molecule has 2 rings (SSSR count). The van der Waals surface area contributed by atoms with Gasteiger partial charge in [-0.2, -0.15) is 0 Å². The molecule has 0 bridgehead atoms. The topological polar surface area (TPSA) is 47.3 Å². The van der Waals surface area contributed by atoms with Gasteiger partial charge in [0.1, 0.15) is 17.3 Å². The van der Waals surface area contributed by atoms with E-state index >= 15 is 0 Å². The summed E-state index contributed by atoms with van der Waals surface area (Å²) >= 11 is 0. The van der Waals surface area contributed by atoms with Crippen molar-refractivity contribution in [3.63, 3.8) is 0 Å². The van der Waals surface area contributed by atoms with Crippen LogP contribution in [0.25, 0.3) is 0 Å². The normalized spacial score (nSPS) is 12.3. The van der Waals surface area contributed by atoms with E-state index in [0.717, 1.165) is 35.8 Å². The highest BCUT2D eigenvalue weighted by Gasteiger charge is 2.17. The third-order valence-corrected chi connectivity index (χ3v) is 3.10. The Morgan fingerprint density at radius 3 is 2.75 bits per heavy atom. The lowest BCUT2D eigenvalue weighted by molar-refractivity contribution is 0.337. The zero-order valence-corrected chi connectivity index (χ0v) is 12.3. The van der Waals surface area contributed by atoms with Crippen LogP contribution in [0.4, 0.5) is 0 Å². The Morgan fingerprint density at radius 2 is 2.10 bits per heavy atom. The van der Waals surface area contributed by atoms with Gasteiger partial charge in [0.25, 0.3) is 0 Å². The van der Waals surface area contributed by atoms with E-state index in [2.05, 4.69) is 24.1 Å². The Balaban J connectivity index is 2.29. The van der Waals surface area contributed by atoms with E-state index in [0.29, 0.717) is 6.61 Å². The van der Waals surface area contributed by atoms with Gasteiger partial charge in [-0.25, -0.2) is 0 Å². The van der Waals surface area contributed by atoms with E-state index in [4.69, 9.17) is 9.15 Å². The Bertz CT molecular complexity index is 537. The van der Waals surface area contributed by atoms with Crippen molar-refractivity contribution >= 4 is 0 Å². The lowest BCUT2D eigenvalue weighted by Gasteiger charge is -2.16. The van der Waals surface area contributed by atoms with Gasteiger partial charge in [0.2, 0.25) is 0 Å². The Hall–Kier alpha value is -1.81. The fourth-order valence-electron chi connectivity index (χ4n) is 2.17. The molecular formula is C16H22N2O2. The number of nitrogens with zero attached hydrogens (tertiary/aromatic N) is 1. The third kappa shape index (κ3) is 3.39. The third-order valence-electron chi connectivity index (χ3n) is 3.10. The molecule has 0 fully saturated rings. The lowest BCUT2D eigenvalue weighted by atomic mass is 10.1. The summed E-state index contributed by atoms with van der Waals surface area (Å²) in [5.41, 5.74) is 1.05. The molecule has 0 aliphatic heterocycles. The van der Waals surface area contributed by atoms with Gasteiger partial charge in [-0.3, -0.25) is 4.98 Å². The lowest BCUT2D eigenvalue weighted by Crippen LogP contribution is -2.21. The molecule has 20 heavy (non-hydrogen) atoms. The standard InChI is InChI=1S/C16H22N2O2/c1-4-13-7-8-15(20-13)16(18-5-2)12-9-14(19-6-3)11-17-10-12/h7-11,16,18H,4-6H2,1-3H3. The van der Waals surface area contributed by atoms with Crippen molar-refractivity contribution in [3.05, 3.63) is 47.7 Å². The summed E-state index contributed by atoms with van der Waals surface area (Å²) in [6.07, 6.45) is 4.48. The maximum absolute atomic E-state index is 5.87. The Morgan fingerprint density at radius 1 is 1.25 bits per heavy atom. The molecule has 0 saturated heterocycles. The number of aryl methyl sites for hydroxylation is 1. The molecule has 0 radical (unpaired) electrons. The van der Waals surface area contributed by atoms with Gasteiger partial charge in [-0.05, 0) is 37.2 Å². The molecule has 2 aromatic rings. The van der Waals surface area contributed by atoms with Gasteiger partial charge in [-0.1, -0.05) is 13.8 Å². The second-order valence-electron chi connectivity index (χ2n) is 4.54. The molecule has 0 aliphatic carbocycles. The fourth-order valence-corrected chi connectivity index (χ4v) is 2.17. The van der Waals surface area contributed by atoms with E-state index in [-0.39, 0.29) is 6.04 Å². The van der Waals surface area contributed by atoms with E-state index in [1.807, 2.05) is 31.3 Å². The summed E-state index contributed by atoms with van der Waals surface area (Å²) in [5.74, 6) is 2.70. The first-order valence-corrected chi connectivity index (χ1v) is 7.18. The van der Waals surface area contributed by atoms with E-state index in [1.54, 1.807) is 6.20 Å². The predicted molar refractivity (Wildman–Crippen MR) is 79.0 cm³/mol. The molecule has 4 nitrogen and oxygen atoms in total. The van der Waals surface area contributed by atoms with Gasteiger partial charge < -0.3 is 14.5 Å². The van der Waals surface area contributed by atoms with Crippen LogP contribution in [0, 0.1) is 0 Å². The van der Waals surface area contributed by atoms with Crippen LogP contribution in [0.2, 0.25) is 0 Å². The second kappa shape index (κ2) is 7.10. The quantitative estimate of drug-likeness (QED) is 0.841. The maximum atomic E-state index is 5.87. The van der Waals surface area contributed by atoms with Crippen molar-refractivity contribution in [1.29, 1.82) is 0 Å². The Kier molecular flexibility index (Phi) is 5.18. The van der Waals surface area contributed by atoms with Crippen molar-refractivity contribution in [2.75, 3.05) is 13.2 Å². The molecule has 2 aromatic heterocycles. The Labute approximate surface area is 120 Å². The van der Waals surface area contributed by atoms with E-state index in [9.17, 15) is 0 Å². The van der Waals surface area contributed by atoms with Crippen LogP contribution in [0.5, 0.6) is 5.75 Å². The second-order valence-corrected chi connectivity index (χ2v) is 4.54. The largest absolute Gasteiger partial charge is 0.492 e. The molecule has 0 spiro atoms. The fraction of sp³-hybridized carbons (Fsp3) is 0.438. The number of hydrogen-bond acceptors (Lipinski definition) is 4. The first-order valence-electron chi connectivity index (χ1n) is 7.18. The number of hydrogen-bond donors (Lipinski definition) is 1. The number of ether oxygens (including phenoxy) is 1. The molecule has 0 aromatic carbocycles. The number of rotatable bonds is 7. The van der Waals surface area contributed by atoms with Crippen LogP contribution in [0.15, 0.2) is 35.0 Å². The highest BCUT2D eigenvalue weighted by Crippen LogP contribution is 2.26. The first kappa shape index (κ1) is 14.6. The summed E-state index contributed by atoms with van der Waals surface area (Å²) in [4.78, 5) is 4.25. The van der Waals surface area contributed by atoms with Gasteiger partial charge in [-0.15, -0.1) is 0 Å². The zero-order valence-electron chi connectivity index (χ0n) is 12.3. The van der Waals surface area contributed by atoms with E-state index < -0.39 is 0 Å². The van der Waals surface area contributed by atoms with Crippen LogP contribution in [0.1, 0.15) is 43.9 Å². The molecular weight excluding hydrogens is 252 g/mol. The predicted octanol–water partition coefficient (Wildman–Crippen LogP) is 3.33. The average molecular weight is 274 g/mol. The minimum absolute atomic E-state index is 0.00760. The highest BCUT2D eigenvalue weighted by atomic mass is 16.5. The van der Waals surface area contributed by atoms with Gasteiger partial charge in [0.05, 0.1) is 18.8 Å². The van der Waals surface area contributed by atoms with Crippen LogP contribution < -0.4 is 10.1 Å². The van der Waals surface area contributed by atoms with Crippen molar-refractivity contribution in [1.82, 2.24) is 10.3 Å². The van der Waals surface area contributed by atoms with Crippen LogP contribution in [-0.2, 0) is 6.42 Å². The summed E-state index contributed by atoms with van der Waals surface area (Å²) < 4.78 is 11.4. The number of aromatic nitrogens is 1. The minimum Gasteiger partial charge on any atom is -0.492 e. The zero-order chi connectivity index (χ0) is 14.4. The molecule has 1 atom stereocenters. The molecule has 0 saturated carbocycles. The summed E-state index contributed by atoms with van der Waals surface area (Å²) in [7, 11) is 0. The number of nitrogens with one attached hydrogen (secondary N) is 1. The van der Waals surface area contributed by atoms with Crippen LogP contribution in [-0.4, -0.2) is 18.1 Å². The summed E-state index contributed by atoms with van der Waals surface area (Å²) in [6, 6.07) is 6.07. The van der Waals surface area contributed by atoms with Crippen molar-refractivity contribution < 1.29 is 9.15 Å². The first-order chi connectivity index (χ1) is 9.78. The molecule has 108 valence electrons. The smallest absolute Gasteiger partial charge is 0.137 e. The molecule has 1 unspecified atom stereocenters. The number of pyridine rings is 1.